The second-order valence-electron chi connectivity index (χ2n) is 5.33. The molecule has 0 amide bonds. The van der Waals surface area contributed by atoms with Gasteiger partial charge in [0.2, 0.25) is 0 Å². The van der Waals surface area contributed by atoms with Crippen LogP contribution in [0.25, 0.3) is 21.5 Å². The number of fused-ring (bicyclic) bond motifs is 2. The van der Waals surface area contributed by atoms with Crippen LogP contribution in [-0.2, 0) is 0 Å². The Bertz CT molecular complexity index is 763. The number of hydrogen-bond donors (Lipinski definition) is 0. The first kappa shape index (κ1) is 11.3. The maximum Gasteiger partial charge on any atom is -0.0146 e. The first-order chi connectivity index (χ1) is 8.58. The van der Waals surface area contributed by atoms with Gasteiger partial charge in [-0.05, 0) is 83.6 Å². The molecular weight excluding hydrogens is 216 g/mol. The molecule has 3 rings (SSSR count). The SMILES string of the molecule is Cc1ccc2cc3c(C)ccc(C)c3cc2c1C. The van der Waals surface area contributed by atoms with E-state index in [4.69, 9.17) is 0 Å². The molecule has 0 heterocycles. The Morgan fingerprint density at radius 3 is 1.78 bits per heavy atom. The van der Waals surface area contributed by atoms with Crippen LogP contribution < -0.4 is 0 Å². The molecule has 0 bridgehead atoms. The summed E-state index contributed by atoms with van der Waals surface area (Å²) in [7, 11) is 0. The van der Waals surface area contributed by atoms with Crippen LogP contribution in [0.2, 0.25) is 0 Å². The topological polar surface area (TPSA) is 0 Å². The number of aryl methyl sites for hydroxylation is 4. The third kappa shape index (κ3) is 1.53. The normalized spacial score (nSPS) is 11.3. The Morgan fingerprint density at radius 1 is 0.556 bits per heavy atom. The van der Waals surface area contributed by atoms with E-state index in [-0.39, 0.29) is 0 Å². The molecule has 0 spiro atoms. The summed E-state index contributed by atoms with van der Waals surface area (Å²) < 4.78 is 0. The molecular formula is C18H18. The van der Waals surface area contributed by atoms with Crippen molar-refractivity contribution in [2.24, 2.45) is 0 Å². The maximum atomic E-state index is 2.36. The summed E-state index contributed by atoms with van der Waals surface area (Å²) in [6.45, 7) is 8.78. The zero-order valence-electron chi connectivity index (χ0n) is 11.5. The Kier molecular flexibility index (Phi) is 2.41. The smallest absolute Gasteiger partial charge is 0.0146 e. The average molecular weight is 234 g/mol. The standard InChI is InChI=1S/C18H18/c1-11-7-8-15-9-16-12(2)5-6-13(3)17(16)10-18(15)14(11)4/h5-10H,1-4H3. The monoisotopic (exact) mass is 234 g/mol. The van der Waals surface area contributed by atoms with E-state index >= 15 is 0 Å². The number of benzene rings is 3. The maximum absolute atomic E-state index is 2.36. The van der Waals surface area contributed by atoms with Gasteiger partial charge in [0, 0.05) is 0 Å². The zero-order valence-corrected chi connectivity index (χ0v) is 11.5. The first-order valence-corrected chi connectivity index (χ1v) is 6.48. The van der Waals surface area contributed by atoms with Crippen LogP contribution in [0.3, 0.4) is 0 Å². The van der Waals surface area contributed by atoms with E-state index in [1.807, 2.05) is 0 Å². The third-order valence-electron chi connectivity index (χ3n) is 4.13. The lowest BCUT2D eigenvalue weighted by Crippen LogP contribution is -1.87. The molecule has 0 atom stereocenters. The molecule has 0 radical (unpaired) electrons. The van der Waals surface area contributed by atoms with E-state index in [0.717, 1.165) is 0 Å². The zero-order chi connectivity index (χ0) is 12.9. The summed E-state index contributed by atoms with van der Waals surface area (Å²) in [6, 6.07) is 13.6. The fourth-order valence-corrected chi connectivity index (χ4v) is 2.71. The van der Waals surface area contributed by atoms with Crippen molar-refractivity contribution in [1.82, 2.24) is 0 Å². The van der Waals surface area contributed by atoms with Gasteiger partial charge < -0.3 is 0 Å². The van der Waals surface area contributed by atoms with Gasteiger partial charge in [0.25, 0.3) is 0 Å². The largest absolute Gasteiger partial charge is 0.0584 e. The van der Waals surface area contributed by atoms with Gasteiger partial charge in [0.05, 0.1) is 0 Å². The van der Waals surface area contributed by atoms with Gasteiger partial charge in [-0.1, -0.05) is 24.3 Å². The van der Waals surface area contributed by atoms with Crippen LogP contribution in [0, 0.1) is 27.7 Å². The summed E-state index contributed by atoms with van der Waals surface area (Å²) in [4.78, 5) is 0. The van der Waals surface area contributed by atoms with E-state index in [2.05, 4.69) is 64.1 Å². The highest BCUT2D eigenvalue weighted by Crippen LogP contribution is 2.30. The molecule has 0 saturated heterocycles. The second kappa shape index (κ2) is 3.84. The summed E-state index contributed by atoms with van der Waals surface area (Å²) in [5.41, 5.74) is 5.48. The molecule has 0 nitrogen and oxygen atoms in total. The number of rotatable bonds is 0. The molecule has 0 aliphatic rings. The van der Waals surface area contributed by atoms with Crippen molar-refractivity contribution in [1.29, 1.82) is 0 Å². The van der Waals surface area contributed by atoms with Crippen LogP contribution in [-0.4, -0.2) is 0 Å². The van der Waals surface area contributed by atoms with Crippen molar-refractivity contribution >= 4 is 21.5 Å². The highest BCUT2D eigenvalue weighted by Gasteiger charge is 2.06. The van der Waals surface area contributed by atoms with Crippen molar-refractivity contribution in [3.63, 3.8) is 0 Å². The van der Waals surface area contributed by atoms with E-state index in [1.54, 1.807) is 0 Å². The molecule has 3 aromatic carbocycles. The molecule has 0 unspecified atom stereocenters. The lowest BCUT2D eigenvalue weighted by molar-refractivity contribution is 1.38. The minimum Gasteiger partial charge on any atom is -0.0584 e. The lowest BCUT2D eigenvalue weighted by Gasteiger charge is -2.11. The Morgan fingerprint density at radius 2 is 1.11 bits per heavy atom. The minimum atomic E-state index is 1.35. The van der Waals surface area contributed by atoms with Crippen molar-refractivity contribution in [2.75, 3.05) is 0 Å². The summed E-state index contributed by atoms with van der Waals surface area (Å²) in [5, 5.41) is 5.50. The predicted molar refractivity (Wildman–Crippen MR) is 80.4 cm³/mol. The molecule has 0 heteroatoms. The summed E-state index contributed by atoms with van der Waals surface area (Å²) in [6.07, 6.45) is 0. The summed E-state index contributed by atoms with van der Waals surface area (Å²) in [5.74, 6) is 0. The Balaban J connectivity index is 2.55. The summed E-state index contributed by atoms with van der Waals surface area (Å²) >= 11 is 0. The third-order valence-corrected chi connectivity index (χ3v) is 4.13. The second-order valence-corrected chi connectivity index (χ2v) is 5.33. The van der Waals surface area contributed by atoms with Crippen molar-refractivity contribution in [3.05, 3.63) is 58.7 Å². The van der Waals surface area contributed by atoms with Crippen molar-refractivity contribution < 1.29 is 0 Å². The van der Waals surface area contributed by atoms with E-state index in [1.165, 1.54) is 43.8 Å². The van der Waals surface area contributed by atoms with Gasteiger partial charge >= 0.3 is 0 Å². The molecule has 3 aromatic rings. The average Bonchev–Trinajstić information content (AvgIpc) is 2.37. The molecule has 18 heavy (non-hydrogen) atoms. The minimum absolute atomic E-state index is 1.35. The van der Waals surface area contributed by atoms with Crippen molar-refractivity contribution in [3.8, 4) is 0 Å². The van der Waals surface area contributed by atoms with Gasteiger partial charge in [0.1, 0.15) is 0 Å². The van der Waals surface area contributed by atoms with E-state index < -0.39 is 0 Å². The van der Waals surface area contributed by atoms with E-state index in [0.29, 0.717) is 0 Å². The fraction of sp³-hybridized carbons (Fsp3) is 0.222. The predicted octanol–water partition coefficient (Wildman–Crippen LogP) is 5.23. The molecule has 0 saturated carbocycles. The molecule has 90 valence electrons. The molecule has 0 aliphatic heterocycles. The van der Waals surface area contributed by atoms with Gasteiger partial charge in [-0.2, -0.15) is 0 Å². The van der Waals surface area contributed by atoms with Crippen LogP contribution >= 0.6 is 0 Å². The van der Waals surface area contributed by atoms with Gasteiger partial charge in [0.15, 0.2) is 0 Å². The lowest BCUT2D eigenvalue weighted by atomic mass is 9.94. The van der Waals surface area contributed by atoms with Crippen LogP contribution in [0.4, 0.5) is 0 Å². The van der Waals surface area contributed by atoms with Gasteiger partial charge in [-0.15, -0.1) is 0 Å². The molecule has 0 N–H and O–H groups in total. The van der Waals surface area contributed by atoms with Gasteiger partial charge in [-0.3, -0.25) is 0 Å². The van der Waals surface area contributed by atoms with Crippen molar-refractivity contribution in [2.45, 2.75) is 27.7 Å². The van der Waals surface area contributed by atoms with Crippen LogP contribution in [0.5, 0.6) is 0 Å². The molecule has 0 aliphatic carbocycles. The quantitative estimate of drug-likeness (QED) is 0.467. The highest BCUT2D eigenvalue weighted by atomic mass is 14.1. The Labute approximate surface area is 108 Å². The fourth-order valence-electron chi connectivity index (χ4n) is 2.71. The first-order valence-electron chi connectivity index (χ1n) is 6.48. The molecule has 0 fully saturated rings. The van der Waals surface area contributed by atoms with Gasteiger partial charge in [-0.25, -0.2) is 0 Å². The highest BCUT2D eigenvalue weighted by molar-refractivity contribution is 6.02. The van der Waals surface area contributed by atoms with Crippen LogP contribution in [0.15, 0.2) is 36.4 Å². The number of hydrogen-bond acceptors (Lipinski definition) is 0. The Hall–Kier alpha value is -1.82. The van der Waals surface area contributed by atoms with Crippen LogP contribution in [0.1, 0.15) is 22.3 Å². The van der Waals surface area contributed by atoms with E-state index in [9.17, 15) is 0 Å². The molecule has 0 aromatic heterocycles.